The molecule has 2 aromatic carbocycles. The quantitative estimate of drug-likeness (QED) is 0.643. The van der Waals surface area contributed by atoms with E-state index in [1.165, 1.54) is 17.3 Å². The first-order valence-corrected chi connectivity index (χ1v) is 9.23. The molecule has 0 aliphatic carbocycles. The van der Waals surface area contributed by atoms with Crippen molar-refractivity contribution in [3.63, 3.8) is 0 Å². The molecule has 25 heavy (non-hydrogen) atoms. The first kappa shape index (κ1) is 17.6. The molecule has 3 rings (SSSR count). The Kier molecular flexibility index (Phi) is 5.79. The number of nitrogens with one attached hydrogen (secondary N) is 1. The molecule has 0 bridgehead atoms. The van der Waals surface area contributed by atoms with Crippen LogP contribution in [0.5, 0.6) is 0 Å². The van der Waals surface area contributed by atoms with Crippen LogP contribution >= 0.6 is 23.4 Å². The lowest BCUT2D eigenvalue weighted by atomic mass is 10.2. The number of nitrogens with zero attached hydrogens (tertiary/aromatic N) is 2. The molecule has 1 aromatic heterocycles. The smallest absolute Gasteiger partial charge is 0.235 e. The summed E-state index contributed by atoms with van der Waals surface area (Å²) in [6.07, 6.45) is 1.67. The van der Waals surface area contributed by atoms with E-state index in [1.807, 2.05) is 55.5 Å². The van der Waals surface area contributed by atoms with Crippen molar-refractivity contribution in [2.75, 3.05) is 11.1 Å². The van der Waals surface area contributed by atoms with Gasteiger partial charge < -0.3 is 5.32 Å². The van der Waals surface area contributed by atoms with E-state index in [4.69, 9.17) is 11.6 Å². The summed E-state index contributed by atoms with van der Waals surface area (Å²) in [7, 11) is 0. The van der Waals surface area contributed by atoms with Gasteiger partial charge in [-0.1, -0.05) is 47.5 Å². The lowest BCUT2D eigenvalue weighted by Crippen LogP contribution is -2.17. The Labute approximate surface area is 156 Å². The molecule has 4 nitrogen and oxygen atoms in total. The minimum Gasteiger partial charge on any atom is -0.310 e. The van der Waals surface area contributed by atoms with E-state index in [1.54, 1.807) is 16.9 Å². The largest absolute Gasteiger partial charge is 0.310 e. The zero-order chi connectivity index (χ0) is 17.6. The third-order valence-corrected chi connectivity index (χ3v) is 5.03. The van der Waals surface area contributed by atoms with Crippen molar-refractivity contribution < 1.29 is 4.79 Å². The number of carbonyl (C=O) groups excluding carboxylic acids is 1. The van der Waals surface area contributed by atoms with E-state index < -0.39 is 0 Å². The third-order valence-electron chi connectivity index (χ3n) is 3.65. The van der Waals surface area contributed by atoms with E-state index >= 15 is 0 Å². The van der Waals surface area contributed by atoms with Gasteiger partial charge in [0, 0.05) is 16.0 Å². The van der Waals surface area contributed by atoms with Gasteiger partial charge in [0.2, 0.25) is 5.91 Å². The second kappa shape index (κ2) is 8.23. The molecule has 6 heteroatoms. The standard InChI is InChI=1S/C19H18ClN3OS/c1-14-6-8-16(9-7-14)25-13-19(24)22-18-10-11-21-23(18)12-15-4-2-3-5-17(15)20/h2-11H,12-13H2,1H3,(H,22,24). The second-order valence-electron chi connectivity index (χ2n) is 5.62. The molecular formula is C19H18ClN3OS. The SMILES string of the molecule is Cc1ccc(SCC(=O)Nc2ccnn2Cc2ccccc2Cl)cc1. The number of hydrogen-bond donors (Lipinski definition) is 1. The van der Waals surface area contributed by atoms with Crippen molar-refractivity contribution in [2.45, 2.75) is 18.4 Å². The van der Waals surface area contributed by atoms with Gasteiger partial charge in [0.15, 0.2) is 0 Å². The summed E-state index contributed by atoms with van der Waals surface area (Å²) >= 11 is 7.70. The number of aryl methyl sites for hydroxylation is 1. The summed E-state index contributed by atoms with van der Waals surface area (Å²) in [5.74, 6) is 0.946. The van der Waals surface area contributed by atoms with Gasteiger partial charge >= 0.3 is 0 Å². The molecule has 3 aromatic rings. The number of rotatable bonds is 6. The monoisotopic (exact) mass is 371 g/mol. The molecule has 1 heterocycles. The summed E-state index contributed by atoms with van der Waals surface area (Å²) in [5.41, 5.74) is 2.16. The predicted octanol–water partition coefficient (Wildman–Crippen LogP) is 4.62. The topological polar surface area (TPSA) is 46.9 Å². The van der Waals surface area contributed by atoms with Crippen LogP contribution in [0.25, 0.3) is 0 Å². The first-order chi connectivity index (χ1) is 12.1. The lowest BCUT2D eigenvalue weighted by Gasteiger charge is -2.10. The Balaban J connectivity index is 1.60. The lowest BCUT2D eigenvalue weighted by molar-refractivity contribution is -0.113. The number of aromatic nitrogens is 2. The van der Waals surface area contributed by atoms with Crippen LogP contribution in [0.3, 0.4) is 0 Å². The molecule has 0 unspecified atom stereocenters. The van der Waals surface area contributed by atoms with Crippen molar-refractivity contribution >= 4 is 35.1 Å². The fourth-order valence-electron chi connectivity index (χ4n) is 2.32. The molecule has 128 valence electrons. The minimum absolute atomic E-state index is 0.0634. The van der Waals surface area contributed by atoms with E-state index in [0.29, 0.717) is 23.1 Å². The molecule has 0 radical (unpaired) electrons. The minimum atomic E-state index is -0.0634. The zero-order valence-electron chi connectivity index (χ0n) is 13.8. The average Bonchev–Trinajstić information content (AvgIpc) is 3.03. The van der Waals surface area contributed by atoms with Gasteiger partial charge in [-0.2, -0.15) is 5.10 Å². The van der Waals surface area contributed by atoms with Gasteiger partial charge in [-0.15, -0.1) is 11.8 Å². The number of anilines is 1. The predicted molar refractivity (Wildman–Crippen MR) is 103 cm³/mol. The highest BCUT2D eigenvalue weighted by Gasteiger charge is 2.09. The fourth-order valence-corrected chi connectivity index (χ4v) is 3.21. The number of amides is 1. The summed E-state index contributed by atoms with van der Waals surface area (Å²) in [5, 5.41) is 7.86. The molecule has 1 amide bonds. The third kappa shape index (κ3) is 4.87. The fraction of sp³-hybridized carbons (Fsp3) is 0.158. The highest BCUT2D eigenvalue weighted by atomic mass is 35.5. The maximum Gasteiger partial charge on any atom is 0.235 e. The number of hydrogen-bond acceptors (Lipinski definition) is 3. The summed E-state index contributed by atoms with van der Waals surface area (Å²) in [6.45, 7) is 2.55. The number of benzene rings is 2. The number of halogens is 1. The van der Waals surface area contributed by atoms with Gasteiger partial charge in [0.05, 0.1) is 18.5 Å². The molecule has 0 aliphatic heterocycles. The van der Waals surface area contributed by atoms with Gasteiger partial charge in [-0.3, -0.25) is 4.79 Å². The van der Waals surface area contributed by atoms with Gasteiger partial charge in [-0.05, 0) is 30.7 Å². The molecule has 0 fully saturated rings. The van der Waals surface area contributed by atoms with Crippen LogP contribution in [0.2, 0.25) is 5.02 Å². The van der Waals surface area contributed by atoms with Crippen LogP contribution in [0.15, 0.2) is 65.7 Å². The highest BCUT2D eigenvalue weighted by Crippen LogP contribution is 2.20. The zero-order valence-corrected chi connectivity index (χ0v) is 15.3. The maximum atomic E-state index is 12.2. The summed E-state index contributed by atoms with van der Waals surface area (Å²) in [6, 6.07) is 17.5. The maximum absolute atomic E-state index is 12.2. The van der Waals surface area contributed by atoms with Crippen molar-refractivity contribution in [3.05, 3.63) is 76.9 Å². The average molecular weight is 372 g/mol. The summed E-state index contributed by atoms with van der Waals surface area (Å²) in [4.78, 5) is 13.3. The van der Waals surface area contributed by atoms with E-state index in [9.17, 15) is 4.79 Å². The van der Waals surface area contributed by atoms with Crippen molar-refractivity contribution in [1.82, 2.24) is 9.78 Å². The Hall–Kier alpha value is -2.24. The van der Waals surface area contributed by atoms with Crippen LogP contribution in [0.4, 0.5) is 5.82 Å². The molecule has 1 N–H and O–H groups in total. The van der Waals surface area contributed by atoms with Crippen molar-refractivity contribution in [1.29, 1.82) is 0 Å². The van der Waals surface area contributed by atoms with Crippen LogP contribution < -0.4 is 5.32 Å². The van der Waals surface area contributed by atoms with E-state index in [0.717, 1.165) is 10.5 Å². The van der Waals surface area contributed by atoms with Crippen LogP contribution in [-0.4, -0.2) is 21.4 Å². The molecule has 0 atom stereocenters. The molecule has 0 spiro atoms. The van der Waals surface area contributed by atoms with E-state index in [-0.39, 0.29) is 5.91 Å². The number of thioether (sulfide) groups is 1. The molecular weight excluding hydrogens is 354 g/mol. The summed E-state index contributed by atoms with van der Waals surface area (Å²) < 4.78 is 1.73. The second-order valence-corrected chi connectivity index (χ2v) is 7.07. The Morgan fingerprint density at radius 3 is 2.68 bits per heavy atom. The van der Waals surface area contributed by atoms with Crippen LogP contribution in [-0.2, 0) is 11.3 Å². The van der Waals surface area contributed by atoms with Gasteiger partial charge in [-0.25, -0.2) is 4.68 Å². The Morgan fingerprint density at radius 1 is 1.16 bits per heavy atom. The van der Waals surface area contributed by atoms with Crippen LogP contribution in [0, 0.1) is 6.92 Å². The molecule has 0 saturated carbocycles. The Bertz CT molecular complexity index is 861. The van der Waals surface area contributed by atoms with Crippen LogP contribution in [0.1, 0.15) is 11.1 Å². The van der Waals surface area contributed by atoms with Gasteiger partial charge in [0.1, 0.15) is 5.82 Å². The van der Waals surface area contributed by atoms with Crippen molar-refractivity contribution in [3.8, 4) is 0 Å². The molecule has 0 aliphatic rings. The number of carbonyl (C=O) groups is 1. The Morgan fingerprint density at radius 2 is 1.92 bits per heavy atom. The highest BCUT2D eigenvalue weighted by molar-refractivity contribution is 8.00. The normalized spacial score (nSPS) is 10.6. The van der Waals surface area contributed by atoms with E-state index in [2.05, 4.69) is 10.4 Å². The van der Waals surface area contributed by atoms with Crippen molar-refractivity contribution in [2.24, 2.45) is 0 Å². The van der Waals surface area contributed by atoms with Gasteiger partial charge in [0.25, 0.3) is 0 Å². The molecule has 0 saturated heterocycles. The first-order valence-electron chi connectivity index (χ1n) is 7.86.